The van der Waals surface area contributed by atoms with Gasteiger partial charge in [0.15, 0.2) is 0 Å². The Morgan fingerprint density at radius 3 is 2.54 bits per heavy atom. The van der Waals surface area contributed by atoms with Crippen molar-refractivity contribution in [2.45, 2.75) is 26.4 Å². The summed E-state index contributed by atoms with van der Waals surface area (Å²) in [4.78, 5) is 0. The minimum absolute atomic E-state index is 0.240. The van der Waals surface area contributed by atoms with Crippen molar-refractivity contribution in [3.63, 3.8) is 0 Å². The summed E-state index contributed by atoms with van der Waals surface area (Å²) >= 11 is 0. The molecule has 1 N–H and O–H groups in total. The van der Waals surface area contributed by atoms with Crippen molar-refractivity contribution in [1.29, 1.82) is 0 Å². The third-order valence-electron chi connectivity index (χ3n) is 3.08. The van der Waals surface area contributed by atoms with Crippen molar-refractivity contribution in [2.75, 3.05) is 0 Å². The molecule has 0 bridgehead atoms. The molecule has 1 fully saturated rings. The average molecular weight is 176 g/mol. The van der Waals surface area contributed by atoms with Gasteiger partial charge >= 0.3 is 0 Å². The first-order chi connectivity index (χ1) is 6.20. The van der Waals surface area contributed by atoms with Gasteiger partial charge in [-0.25, -0.2) is 0 Å². The van der Waals surface area contributed by atoms with E-state index in [1.54, 1.807) is 0 Å². The highest BCUT2D eigenvalue weighted by Gasteiger charge is 2.39. The van der Waals surface area contributed by atoms with Gasteiger partial charge in [0.1, 0.15) is 0 Å². The summed E-state index contributed by atoms with van der Waals surface area (Å²) in [5, 5.41) is 10.0. The zero-order valence-corrected chi connectivity index (χ0v) is 8.20. The maximum atomic E-state index is 10.0. The molecule has 1 aromatic rings. The second kappa shape index (κ2) is 3.15. The molecule has 13 heavy (non-hydrogen) atoms. The van der Waals surface area contributed by atoms with Crippen LogP contribution >= 0.6 is 0 Å². The van der Waals surface area contributed by atoms with Crippen LogP contribution in [0.4, 0.5) is 0 Å². The SMILES string of the molecule is Cc1ccccc1C(O)C1CC1C. The van der Waals surface area contributed by atoms with E-state index in [-0.39, 0.29) is 6.10 Å². The molecule has 1 saturated carbocycles. The van der Waals surface area contributed by atoms with E-state index in [1.165, 1.54) is 12.0 Å². The molecule has 0 radical (unpaired) electrons. The van der Waals surface area contributed by atoms with Gasteiger partial charge in [-0.1, -0.05) is 31.2 Å². The van der Waals surface area contributed by atoms with Crippen LogP contribution in [-0.2, 0) is 0 Å². The lowest BCUT2D eigenvalue weighted by Crippen LogP contribution is -2.02. The lowest BCUT2D eigenvalue weighted by molar-refractivity contribution is 0.147. The van der Waals surface area contributed by atoms with Crippen LogP contribution in [0.2, 0.25) is 0 Å². The number of aliphatic hydroxyl groups excluding tert-OH is 1. The van der Waals surface area contributed by atoms with Gasteiger partial charge in [0.25, 0.3) is 0 Å². The van der Waals surface area contributed by atoms with E-state index in [0.29, 0.717) is 11.8 Å². The summed E-state index contributed by atoms with van der Waals surface area (Å²) in [6.45, 7) is 4.26. The van der Waals surface area contributed by atoms with E-state index in [0.717, 1.165) is 5.56 Å². The number of rotatable bonds is 2. The predicted octanol–water partition coefficient (Wildman–Crippen LogP) is 2.68. The Morgan fingerprint density at radius 1 is 1.38 bits per heavy atom. The first kappa shape index (κ1) is 8.76. The molecule has 0 spiro atoms. The average Bonchev–Trinajstić information content (AvgIpc) is 2.82. The van der Waals surface area contributed by atoms with Crippen LogP contribution in [0.15, 0.2) is 24.3 Å². The molecule has 0 heterocycles. The molecule has 3 atom stereocenters. The van der Waals surface area contributed by atoms with E-state index >= 15 is 0 Å². The smallest absolute Gasteiger partial charge is 0.0823 e. The number of aryl methyl sites for hydroxylation is 1. The quantitative estimate of drug-likeness (QED) is 0.734. The Kier molecular flexibility index (Phi) is 2.12. The van der Waals surface area contributed by atoms with Crippen molar-refractivity contribution in [3.8, 4) is 0 Å². The molecule has 2 rings (SSSR count). The monoisotopic (exact) mass is 176 g/mol. The van der Waals surface area contributed by atoms with Crippen LogP contribution in [0.25, 0.3) is 0 Å². The van der Waals surface area contributed by atoms with Gasteiger partial charge in [-0.3, -0.25) is 0 Å². The molecule has 1 nitrogen and oxygen atoms in total. The third-order valence-corrected chi connectivity index (χ3v) is 3.08. The Labute approximate surface area is 79.4 Å². The molecule has 0 aromatic heterocycles. The summed E-state index contributed by atoms with van der Waals surface area (Å²) < 4.78 is 0. The fourth-order valence-corrected chi connectivity index (χ4v) is 1.94. The van der Waals surface area contributed by atoms with E-state index in [2.05, 4.69) is 19.9 Å². The lowest BCUT2D eigenvalue weighted by Gasteiger charge is -2.12. The van der Waals surface area contributed by atoms with E-state index in [9.17, 15) is 5.11 Å². The molecular formula is C12H16O. The summed E-state index contributed by atoms with van der Waals surface area (Å²) in [7, 11) is 0. The van der Waals surface area contributed by atoms with Crippen molar-refractivity contribution >= 4 is 0 Å². The highest BCUT2D eigenvalue weighted by atomic mass is 16.3. The second-order valence-corrected chi connectivity index (χ2v) is 4.18. The second-order valence-electron chi connectivity index (χ2n) is 4.18. The highest BCUT2D eigenvalue weighted by molar-refractivity contribution is 5.29. The molecule has 0 amide bonds. The van der Waals surface area contributed by atoms with Gasteiger partial charge in [0.05, 0.1) is 6.10 Å². The fourth-order valence-electron chi connectivity index (χ4n) is 1.94. The molecule has 0 saturated heterocycles. The summed E-state index contributed by atoms with van der Waals surface area (Å²) in [6.07, 6.45) is 0.936. The Morgan fingerprint density at radius 2 is 2.00 bits per heavy atom. The van der Waals surface area contributed by atoms with Crippen molar-refractivity contribution < 1.29 is 5.11 Å². The Bertz CT molecular complexity index is 306. The predicted molar refractivity (Wildman–Crippen MR) is 53.4 cm³/mol. The summed E-state index contributed by atoms with van der Waals surface area (Å²) in [6, 6.07) is 8.11. The Balaban J connectivity index is 2.20. The molecule has 1 heteroatoms. The van der Waals surface area contributed by atoms with E-state index in [1.807, 2.05) is 18.2 Å². The summed E-state index contributed by atoms with van der Waals surface area (Å²) in [5.41, 5.74) is 2.31. The number of aliphatic hydroxyl groups is 1. The zero-order chi connectivity index (χ0) is 9.42. The van der Waals surface area contributed by atoms with Crippen molar-refractivity contribution in [2.24, 2.45) is 11.8 Å². The Hall–Kier alpha value is -0.820. The van der Waals surface area contributed by atoms with Crippen LogP contribution in [0.5, 0.6) is 0 Å². The molecule has 1 aliphatic rings. The van der Waals surface area contributed by atoms with Crippen molar-refractivity contribution in [1.82, 2.24) is 0 Å². The maximum Gasteiger partial charge on any atom is 0.0823 e. The van der Waals surface area contributed by atoms with E-state index in [4.69, 9.17) is 0 Å². The minimum atomic E-state index is -0.240. The van der Waals surface area contributed by atoms with E-state index < -0.39 is 0 Å². The van der Waals surface area contributed by atoms with Gasteiger partial charge in [-0.15, -0.1) is 0 Å². The van der Waals surface area contributed by atoms with Gasteiger partial charge < -0.3 is 5.11 Å². The van der Waals surface area contributed by atoms with Crippen LogP contribution in [0.3, 0.4) is 0 Å². The normalized spacial score (nSPS) is 28.5. The molecule has 70 valence electrons. The van der Waals surface area contributed by atoms with Gasteiger partial charge in [-0.05, 0) is 36.3 Å². The number of hydrogen-bond acceptors (Lipinski definition) is 1. The fraction of sp³-hybridized carbons (Fsp3) is 0.500. The van der Waals surface area contributed by atoms with Gasteiger partial charge in [0, 0.05) is 0 Å². The van der Waals surface area contributed by atoms with Gasteiger partial charge in [0.2, 0.25) is 0 Å². The largest absolute Gasteiger partial charge is 0.388 e. The van der Waals surface area contributed by atoms with Gasteiger partial charge in [-0.2, -0.15) is 0 Å². The lowest BCUT2D eigenvalue weighted by atomic mass is 9.99. The van der Waals surface area contributed by atoms with Crippen LogP contribution < -0.4 is 0 Å². The summed E-state index contributed by atoms with van der Waals surface area (Å²) in [5.74, 6) is 1.20. The first-order valence-corrected chi connectivity index (χ1v) is 4.93. The molecule has 0 aliphatic heterocycles. The topological polar surface area (TPSA) is 20.2 Å². The molecular weight excluding hydrogens is 160 g/mol. The van der Waals surface area contributed by atoms with Crippen LogP contribution in [0.1, 0.15) is 30.6 Å². The number of hydrogen-bond donors (Lipinski definition) is 1. The highest BCUT2D eigenvalue weighted by Crippen LogP contribution is 2.47. The molecule has 3 unspecified atom stereocenters. The zero-order valence-electron chi connectivity index (χ0n) is 8.20. The third kappa shape index (κ3) is 1.61. The molecule has 1 aromatic carbocycles. The minimum Gasteiger partial charge on any atom is -0.388 e. The first-order valence-electron chi connectivity index (χ1n) is 4.93. The van der Waals surface area contributed by atoms with Crippen LogP contribution in [0, 0.1) is 18.8 Å². The standard InChI is InChI=1S/C12H16O/c1-8-5-3-4-6-10(8)12(13)11-7-9(11)2/h3-6,9,11-13H,7H2,1-2H3. The number of benzene rings is 1. The molecule has 1 aliphatic carbocycles. The maximum absolute atomic E-state index is 10.0. The van der Waals surface area contributed by atoms with Crippen LogP contribution in [-0.4, -0.2) is 5.11 Å². The van der Waals surface area contributed by atoms with Crippen molar-refractivity contribution in [3.05, 3.63) is 35.4 Å².